The summed E-state index contributed by atoms with van der Waals surface area (Å²) in [5.41, 5.74) is -0.913. The number of carbonyl (C=O) groups excluding carboxylic acids is 1. The van der Waals surface area contributed by atoms with Gasteiger partial charge in [0.15, 0.2) is 5.96 Å². The lowest BCUT2D eigenvalue weighted by Crippen LogP contribution is -2.26. The highest BCUT2D eigenvalue weighted by Crippen LogP contribution is 2.35. The van der Waals surface area contributed by atoms with Crippen molar-refractivity contribution in [3.8, 4) is 0 Å². The zero-order valence-corrected chi connectivity index (χ0v) is 10.8. The molecule has 2 rings (SSSR count). The van der Waals surface area contributed by atoms with Gasteiger partial charge in [-0.3, -0.25) is 15.1 Å². The number of halogens is 3. The number of rotatable bonds is 3. The van der Waals surface area contributed by atoms with Crippen molar-refractivity contribution in [3.63, 3.8) is 0 Å². The molecule has 1 saturated heterocycles. The van der Waals surface area contributed by atoms with Crippen molar-refractivity contribution in [1.29, 1.82) is 0 Å². The molecule has 0 spiro atoms. The summed E-state index contributed by atoms with van der Waals surface area (Å²) in [5, 5.41) is 5.14. The van der Waals surface area contributed by atoms with E-state index in [-0.39, 0.29) is 11.5 Å². The maximum Gasteiger partial charge on any atom is 0.416 e. The van der Waals surface area contributed by atoms with E-state index >= 15 is 0 Å². The van der Waals surface area contributed by atoms with Gasteiger partial charge in [-0.2, -0.15) is 13.2 Å². The molecule has 0 saturated carbocycles. The van der Waals surface area contributed by atoms with Crippen LogP contribution >= 0.6 is 0 Å². The Balaban J connectivity index is 2.31. The molecule has 1 heterocycles. The number of aliphatic imine (C=N–C) groups is 1. The van der Waals surface area contributed by atoms with E-state index < -0.39 is 23.7 Å². The van der Waals surface area contributed by atoms with Gasteiger partial charge in [0.1, 0.15) is 6.04 Å². The van der Waals surface area contributed by atoms with Gasteiger partial charge >= 0.3 is 6.18 Å². The van der Waals surface area contributed by atoms with Crippen LogP contribution in [0, 0.1) is 0 Å². The summed E-state index contributed by atoms with van der Waals surface area (Å²) in [6, 6.07) is 3.96. The van der Waals surface area contributed by atoms with Gasteiger partial charge in [0.25, 0.3) is 5.91 Å². The van der Waals surface area contributed by atoms with Gasteiger partial charge < -0.3 is 5.32 Å². The SMILES string of the molecule is CCCN=C1NC(=O)C(c2ccccc2C(F)(F)F)N1. The van der Waals surface area contributed by atoms with Gasteiger partial charge in [0, 0.05) is 6.54 Å². The predicted octanol–water partition coefficient (Wildman–Crippen LogP) is 2.23. The van der Waals surface area contributed by atoms with E-state index in [1.807, 2.05) is 6.92 Å². The van der Waals surface area contributed by atoms with Gasteiger partial charge in [-0.25, -0.2) is 0 Å². The Morgan fingerprint density at radius 1 is 1.30 bits per heavy atom. The minimum absolute atomic E-state index is 0.0980. The standard InChI is InChI=1S/C13H14F3N3O/c1-2-7-17-12-18-10(11(20)19-12)8-5-3-4-6-9(8)13(14,15)16/h3-6,10H,2,7H2,1H3,(H2,17,18,19,20). The van der Waals surface area contributed by atoms with Crippen molar-refractivity contribution in [3.05, 3.63) is 35.4 Å². The van der Waals surface area contributed by atoms with Crippen molar-refractivity contribution in [1.82, 2.24) is 10.6 Å². The van der Waals surface area contributed by atoms with E-state index in [1.54, 1.807) is 0 Å². The van der Waals surface area contributed by atoms with Crippen LogP contribution in [0.4, 0.5) is 13.2 Å². The van der Waals surface area contributed by atoms with E-state index in [0.29, 0.717) is 6.54 Å². The lowest BCUT2D eigenvalue weighted by atomic mass is 10.00. The number of carbonyl (C=O) groups is 1. The van der Waals surface area contributed by atoms with Crippen LogP contribution in [0.2, 0.25) is 0 Å². The average molecular weight is 285 g/mol. The Bertz CT molecular complexity index is 540. The normalized spacial score (nSPS) is 20.9. The monoisotopic (exact) mass is 285 g/mol. The number of alkyl halides is 3. The number of nitrogens with zero attached hydrogens (tertiary/aromatic N) is 1. The molecule has 0 bridgehead atoms. The van der Waals surface area contributed by atoms with Crippen LogP contribution in [-0.2, 0) is 11.0 Å². The van der Waals surface area contributed by atoms with Gasteiger partial charge in [-0.1, -0.05) is 25.1 Å². The van der Waals surface area contributed by atoms with Gasteiger partial charge in [0.2, 0.25) is 0 Å². The van der Waals surface area contributed by atoms with E-state index in [9.17, 15) is 18.0 Å². The highest BCUT2D eigenvalue weighted by molar-refractivity contribution is 6.06. The van der Waals surface area contributed by atoms with Gasteiger partial charge in [0.05, 0.1) is 5.56 Å². The van der Waals surface area contributed by atoms with Crippen molar-refractivity contribution in [2.24, 2.45) is 4.99 Å². The molecule has 2 N–H and O–H groups in total. The lowest BCUT2D eigenvalue weighted by molar-refractivity contribution is -0.138. The van der Waals surface area contributed by atoms with Crippen molar-refractivity contribution in [2.45, 2.75) is 25.6 Å². The van der Waals surface area contributed by atoms with Gasteiger partial charge in [-0.15, -0.1) is 0 Å². The molecule has 1 aromatic rings. The summed E-state index contributed by atoms with van der Waals surface area (Å²) in [7, 11) is 0. The summed E-state index contributed by atoms with van der Waals surface area (Å²) in [5.74, 6) is -0.310. The summed E-state index contributed by atoms with van der Waals surface area (Å²) >= 11 is 0. The molecule has 1 fully saturated rings. The second-order valence-corrected chi connectivity index (χ2v) is 4.38. The quantitative estimate of drug-likeness (QED) is 0.895. The van der Waals surface area contributed by atoms with E-state index in [2.05, 4.69) is 15.6 Å². The summed E-state index contributed by atoms with van der Waals surface area (Å²) in [6.07, 6.45) is -3.72. The van der Waals surface area contributed by atoms with Crippen LogP contribution in [0.5, 0.6) is 0 Å². The average Bonchev–Trinajstić information content (AvgIpc) is 2.76. The molecule has 1 aliphatic heterocycles. The first-order valence-corrected chi connectivity index (χ1v) is 6.21. The second kappa shape index (κ2) is 5.52. The maximum absolute atomic E-state index is 12.9. The molecule has 1 aliphatic rings. The highest BCUT2D eigenvalue weighted by Gasteiger charge is 2.39. The lowest BCUT2D eigenvalue weighted by Gasteiger charge is -2.15. The topological polar surface area (TPSA) is 53.5 Å². The number of nitrogens with one attached hydrogen (secondary N) is 2. The highest BCUT2D eigenvalue weighted by atomic mass is 19.4. The smallest absolute Gasteiger partial charge is 0.340 e. The van der Waals surface area contributed by atoms with Gasteiger partial charge in [-0.05, 0) is 18.1 Å². The largest absolute Gasteiger partial charge is 0.416 e. The van der Waals surface area contributed by atoms with Crippen LogP contribution in [0.3, 0.4) is 0 Å². The van der Waals surface area contributed by atoms with E-state index in [1.165, 1.54) is 18.2 Å². The molecule has 0 aliphatic carbocycles. The molecular formula is C13H14F3N3O. The number of hydrogen-bond acceptors (Lipinski definition) is 2. The fourth-order valence-electron chi connectivity index (χ4n) is 1.96. The van der Waals surface area contributed by atoms with Crippen LogP contribution < -0.4 is 10.6 Å². The van der Waals surface area contributed by atoms with Crippen molar-refractivity contribution in [2.75, 3.05) is 6.54 Å². The molecule has 1 atom stereocenters. The van der Waals surface area contributed by atoms with E-state index in [0.717, 1.165) is 12.5 Å². The molecular weight excluding hydrogens is 271 g/mol. The Labute approximate surface area is 114 Å². The predicted molar refractivity (Wildman–Crippen MR) is 68.1 cm³/mol. The Morgan fingerprint density at radius 2 is 2.00 bits per heavy atom. The maximum atomic E-state index is 12.9. The first kappa shape index (κ1) is 14.4. The van der Waals surface area contributed by atoms with E-state index in [4.69, 9.17) is 0 Å². The molecule has 7 heteroatoms. The Kier molecular flexibility index (Phi) is 3.96. The Hall–Kier alpha value is -2.05. The molecule has 20 heavy (non-hydrogen) atoms. The molecule has 1 amide bonds. The molecule has 108 valence electrons. The zero-order chi connectivity index (χ0) is 14.8. The second-order valence-electron chi connectivity index (χ2n) is 4.38. The molecule has 0 aromatic heterocycles. The zero-order valence-electron chi connectivity index (χ0n) is 10.8. The molecule has 1 aromatic carbocycles. The summed E-state index contributed by atoms with van der Waals surface area (Å²) < 4.78 is 38.8. The minimum Gasteiger partial charge on any atom is -0.340 e. The number of amides is 1. The van der Waals surface area contributed by atoms with Crippen LogP contribution in [-0.4, -0.2) is 18.4 Å². The Morgan fingerprint density at radius 3 is 2.65 bits per heavy atom. The molecule has 1 unspecified atom stereocenters. The fraction of sp³-hybridized carbons (Fsp3) is 0.385. The third-order valence-corrected chi connectivity index (χ3v) is 2.86. The summed E-state index contributed by atoms with van der Waals surface area (Å²) in [4.78, 5) is 15.9. The number of benzene rings is 1. The first-order valence-electron chi connectivity index (χ1n) is 6.21. The van der Waals surface area contributed by atoms with Crippen LogP contribution in [0.25, 0.3) is 0 Å². The number of guanidine groups is 1. The third kappa shape index (κ3) is 2.92. The van der Waals surface area contributed by atoms with Crippen LogP contribution in [0.1, 0.15) is 30.5 Å². The van der Waals surface area contributed by atoms with Crippen molar-refractivity contribution >= 4 is 11.9 Å². The third-order valence-electron chi connectivity index (χ3n) is 2.86. The number of hydrogen-bond donors (Lipinski definition) is 2. The first-order chi connectivity index (χ1) is 9.43. The van der Waals surface area contributed by atoms with Crippen LogP contribution in [0.15, 0.2) is 29.3 Å². The molecule has 0 radical (unpaired) electrons. The molecule has 4 nitrogen and oxygen atoms in total. The summed E-state index contributed by atoms with van der Waals surface area (Å²) in [6.45, 7) is 2.41. The van der Waals surface area contributed by atoms with Crippen molar-refractivity contribution < 1.29 is 18.0 Å². The fourth-order valence-corrected chi connectivity index (χ4v) is 1.96. The minimum atomic E-state index is -4.50.